The Bertz CT molecular complexity index is 836. The summed E-state index contributed by atoms with van der Waals surface area (Å²) in [7, 11) is 0. The Morgan fingerprint density at radius 2 is 1.50 bits per heavy atom. The van der Waals surface area contributed by atoms with Crippen LogP contribution in [0.15, 0.2) is 66.2 Å². The van der Waals surface area contributed by atoms with E-state index in [9.17, 15) is 4.79 Å². The molecule has 3 aromatic carbocycles. The topological polar surface area (TPSA) is 37.3 Å². The van der Waals surface area contributed by atoms with Gasteiger partial charge in [-0.3, -0.25) is 0 Å². The Hall–Kier alpha value is -2.61. The fraction of sp³-hybridized carbons (Fsp3) is 0.150. The van der Waals surface area contributed by atoms with E-state index in [1.54, 1.807) is 6.92 Å². The van der Waals surface area contributed by atoms with Gasteiger partial charge in [-0.25, -0.2) is 4.79 Å². The molecule has 0 fully saturated rings. The zero-order valence-electron chi connectivity index (χ0n) is 12.7. The molecule has 0 radical (unpaired) electrons. The van der Waals surface area contributed by atoms with Crippen LogP contribution in [-0.4, -0.2) is 11.1 Å². The van der Waals surface area contributed by atoms with E-state index in [0.717, 1.165) is 0 Å². The van der Waals surface area contributed by atoms with Gasteiger partial charge in [-0.05, 0) is 40.1 Å². The number of carbonyl (C=O) groups is 1. The Kier molecular flexibility index (Phi) is 3.68. The summed E-state index contributed by atoms with van der Waals surface area (Å²) in [5, 5.41) is 13.9. The standard InChI is InChI=1S/C20H18O2/c1-13(11-14(2)20(21)22)19-17-9-5-3-7-15(17)12-16-8-4-6-10-18(16)19/h3-13H,1-2H3,(H,21,22). The molecule has 0 bridgehead atoms. The largest absolute Gasteiger partial charge is 0.478 e. The highest BCUT2D eigenvalue weighted by Gasteiger charge is 2.13. The van der Waals surface area contributed by atoms with E-state index in [-0.39, 0.29) is 5.92 Å². The first-order valence-electron chi connectivity index (χ1n) is 7.40. The molecule has 0 amide bonds. The van der Waals surface area contributed by atoms with E-state index >= 15 is 0 Å². The molecule has 110 valence electrons. The summed E-state index contributed by atoms with van der Waals surface area (Å²) in [6, 6.07) is 18.7. The molecule has 0 heterocycles. The van der Waals surface area contributed by atoms with Crippen molar-refractivity contribution in [3.05, 3.63) is 71.8 Å². The van der Waals surface area contributed by atoms with Gasteiger partial charge < -0.3 is 5.11 Å². The predicted octanol–water partition coefficient (Wildman–Crippen LogP) is 5.13. The summed E-state index contributed by atoms with van der Waals surface area (Å²) >= 11 is 0. The van der Waals surface area contributed by atoms with Crippen LogP contribution < -0.4 is 0 Å². The van der Waals surface area contributed by atoms with E-state index in [0.29, 0.717) is 5.57 Å². The summed E-state index contributed by atoms with van der Waals surface area (Å²) in [4.78, 5) is 11.1. The summed E-state index contributed by atoms with van der Waals surface area (Å²) in [6.07, 6.45) is 1.83. The third kappa shape index (κ3) is 2.48. The van der Waals surface area contributed by atoms with Gasteiger partial charge in [0.25, 0.3) is 0 Å². The molecule has 0 aromatic heterocycles. The molecule has 0 saturated heterocycles. The van der Waals surface area contributed by atoms with Gasteiger partial charge in [0.15, 0.2) is 0 Å². The van der Waals surface area contributed by atoms with E-state index in [1.807, 2.05) is 30.3 Å². The first-order valence-corrected chi connectivity index (χ1v) is 7.40. The Morgan fingerprint density at radius 1 is 1.00 bits per heavy atom. The number of aliphatic carboxylic acids is 1. The van der Waals surface area contributed by atoms with Gasteiger partial charge in [0, 0.05) is 11.5 Å². The van der Waals surface area contributed by atoms with Gasteiger partial charge >= 0.3 is 5.97 Å². The summed E-state index contributed by atoms with van der Waals surface area (Å²) in [5.41, 5.74) is 1.57. The van der Waals surface area contributed by atoms with Crippen molar-refractivity contribution >= 4 is 27.5 Å². The van der Waals surface area contributed by atoms with Gasteiger partial charge in [0.1, 0.15) is 0 Å². The second kappa shape index (κ2) is 5.64. The second-order valence-corrected chi connectivity index (χ2v) is 5.68. The lowest BCUT2D eigenvalue weighted by molar-refractivity contribution is -0.132. The van der Waals surface area contributed by atoms with Crippen LogP contribution in [-0.2, 0) is 4.79 Å². The van der Waals surface area contributed by atoms with E-state index in [4.69, 9.17) is 5.11 Å². The molecule has 1 N–H and O–H groups in total. The van der Waals surface area contributed by atoms with Crippen LogP contribution in [0.2, 0.25) is 0 Å². The first kappa shape index (κ1) is 14.3. The van der Waals surface area contributed by atoms with Crippen LogP contribution in [0.3, 0.4) is 0 Å². The van der Waals surface area contributed by atoms with Crippen molar-refractivity contribution < 1.29 is 9.90 Å². The molecule has 3 aromatic rings. The Labute approximate surface area is 129 Å². The first-order chi connectivity index (χ1) is 10.6. The smallest absolute Gasteiger partial charge is 0.330 e. The van der Waals surface area contributed by atoms with Gasteiger partial charge in [0.05, 0.1) is 0 Å². The highest BCUT2D eigenvalue weighted by atomic mass is 16.4. The van der Waals surface area contributed by atoms with Gasteiger partial charge in [-0.1, -0.05) is 61.5 Å². The van der Waals surface area contributed by atoms with Crippen molar-refractivity contribution in [2.75, 3.05) is 0 Å². The molecular weight excluding hydrogens is 272 g/mol. The van der Waals surface area contributed by atoms with Gasteiger partial charge in [0.2, 0.25) is 0 Å². The van der Waals surface area contributed by atoms with Gasteiger partial charge in [-0.15, -0.1) is 0 Å². The molecule has 0 spiro atoms. The van der Waals surface area contributed by atoms with Crippen LogP contribution in [0.25, 0.3) is 21.5 Å². The zero-order chi connectivity index (χ0) is 15.7. The van der Waals surface area contributed by atoms with Crippen molar-refractivity contribution in [1.82, 2.24) is 0 Å². The normalized spacial score (nSPS) is 13.5. The third-order valence-corrected chi connectivity index (χ3v) is 4.11. The minimum atomic E-state index is -0.864. The maximum atomic E-state index is 11.1. The molecule has 0 aliphatic carbocycles. The maximum absolute atomic E-state index is 11.1. The Balaban J connectivity index is 2.33. The predicted molar refractivity (Wildman–Crippen MR) is 91.3 cm³/mol. The van der Waals surface area contributed by atoms with Crippen LogP contribution in [0.4, 0.5) is 0 Å². The average molecular weight is 290 g/mol. The van der Waals surface area contributed by atoms with Crippen molar-refractivity contribution in [3.8, 4) is 0 Å². The van der Waals surface area contributed by atoms with Gasteiger partial charge in [-0.2, -0.15) is 0 Å². The molecule has 1 atom stereocenters. The molecule has 22 heavy (non-hydrogen) atoms. The SMILES string of the molecule is CC(=CC(C)c1c2ccccc2cc2ccccc12)C(=O)O. The number of carboxylic acid groups (broad SMARTS) is 1. The summed E-state index contributed by atoms with van der Waals surface area (Å²) < 4.78 is 0. The minimum absolute atomic E-state index is 0.0344. The average Bonchev–Trinajstić information content (AvgIpc) is 2.52. The zero-order valence-corrected chi connectivity index (χ0v) is 12.7. The second-order valence-electron chi connectivity index (χ2n) is 5.68. The van der Waals surface area contributed by atoms with Crippen molar-refractivity contribution in [3.63, 3.8) is 0 Å². The molecule has 2 nitrogen and oxygen atoms in total. The third-order valence-electron chi connectivity index (χ3n) is 4.11. The molecular formula is C20H18O2. The molecule has 0 aliphatic rings. The number of benzene rings is 3. The van der Waals surface area contributed by atoms with Crippen molar-refractivity contribution in [2.45, 2.75) is 19.8 Å². The highest BCUT2D eigenvalue weighted by Crippen LogP contribution is 2.34. The Morgan fingerprint density at radius 3 is 2.00 bits per heavy atom. The maximum Gasteiger partial charge on any atom is 0.330 e. The number of fused-ring (bicyclic) bond motifs is 2. The van der Waals surface area contributed by atoms with E-state index in [2.05, 4.69) is 37.3 Å². The lowest BCUT2D eigenvalue weighted by Crippen LogP contribution is -2.00. The quantitative estimate of drug-likeness (QED) is 0.536. The highest BCUT2D eigenvalue weighted by molar-refractivity contribution is 6.03. The van der Waals surface area contributed by atoms with Crippen LogP contribution in [0.1, 0.15) is 25.3 Å². The lowest BCUT2D eigenvalue weighted by Gasteiger charge is -2.16. The van der Waals surface area contributed by atoms with Crippen molar-refractivity contribution in [2.24, 2.45) is 0 Å². The summed E-state index contributed by atoms with van der Waals surface area (Å²) in [6.45, 7) is 3.70. The lowest BCUT2D eigenvalue weighted by atomic mass is 9.88. The monoisotopic (exact) mass is 290 g/mol. The van der Waals surface area contributed by atoms with Crippen LogP contribution in [0.5, 0.6) is 0 Å². The van der Waals surface area contributed by atoms with Crippen LogP contribution in [0, 0.1) is 0 Å². The number of rotatable bonds is 3. The van der Waals surface area contributed by atoms with Crippen molar-refractivity contribution in [1.29, 1.82) is 0 Å². The van der Waals surface area contributed by atoms with E-state index < -0.39 is 5.97 Å². The minimum Gasteiger partial charge on any atom is -0.478 e. The molecule has 1 unspecified atom stereocenters. The van der Waals surface area contributed by atoms with Crippen LogP contribution >= 0.6 is 0 Å². The number of hydrogen-bond acceptors (Lipinski definition) is 1. The molecule has 3 rings (SSSR count). The molecule has 0 saturated carbocycles. The van der Waals surface area contributed by atoms with E-state index in [1.165, 1.54) is 27.1 Å². The number of hydrogen-bond donors (Lipinski definition) is 1. The number of allylic oxidation sites excluding steroid dienone is 1. The fourth-order valence-electron chi connectivity index (χ4n) is 3.07. The number of carboxylic acids is 1. The fourth-order valence-corrected chi connectivity index (χ4v) is 3.07. The molecule has 2 heteroatoms. The molecule has 0 aliphatic heterocycles. The summed E-state index contributed by atoms with van der Waals surface area (Å²) in [5.74, 6) is -0.830.